The largest absolute Gasteiger partial charge is 0.497 e. The second kappa shape index (κ2) is 7.09. The molecule has 2 amide bonds. The molecule has 4 aliphatic rings. The Bertz CT molecular complexity index is 851. The zero-order valence-electron chi connectivity index (χ0n) is 16.1. The fourth-order valence-electron chi connectivity index (χ4n) is 5.44. The van der Waals surface area contributed by atoms with E-state index in [1.54, 1.807) is 7.11 Å². The van der Waals surface area contributed by atoms with Crippen molar-refractivity contribution in [1.29, 1.82) is 0 Å². The zero-order chi connectivity index (χ0) is 19.1. The van der Waals surface area contributed by atoms with Gasteiger partial charge in [0.2, 0.25) is 0 Å². The molecule has 3 unspecified atom stereocenters. The number of methoxy groups -OCH3 is 1. The number of pyridine rings is 1. The van der Waals surface area contributed by atoms with Gasteiger partial charge in [0.25, 0.3) is 0 Å². The van der Waals surface area contributed by atoms with E-state index in [4.69, 9.17) is 4.74 Å². The molecule has 0 spiro atoms. The monoisotopic (exact) mass is 378 g/mol. The van der Waals surface area contributed by atoms with Gasteiger partial charge in [0.05, 0.1) is 13.2 Å². The molecule has 6 heteroatoms. The molecule has 2 aromatic rings. The lowest BCUT2D eigenvalue weighted by molar-refractivity contribution is 0.00493. The Balaban J connectivity index is 1.43. The first-order valence-electron chi connectivity index (χ1n) is 10.1. The third-order valence-electron chi connectivity index (χ3n) is 6.69. The van der Waals surface area contributed by atoms with E-state index in [1.807, 2.05) is 42.7 Å². The van der Waals surface area contributed by atoms with Crippen molar-refractivity contribution in [3.63, 3.8) is 0 Å². The predicted molar refractivity (Wildman–Crippen MR) is 108 cm³/mol. The number of nitrogens with zero attached hydrogens (tertiary/aromatic N) is 3. The number of aromatic nitrogens is 1. The van der Waals surface area contributed by atoms with Crippen molar-refractivity contribution in [2.24, 2.45) is 5.92 Å². The van der Waals surface area contributed by atoms with Crippen LogP contribution in [0.5, 0.6) is 5.75 Å². The Kier molecular flexibility index (Phi) is 4.43. The third kappa shape index (κ3) is 2.92. The van der Waals surface area contributed by atoms with Crippen molar-refractivity contribution in [1.82, 2.24) is 14.8 Å². The number of hydrogen-bond donors (Lipinski definition) is 1. The number of anilines is 1. The molecule has 6 nitrogen and oxygen atoms in total. The molecule has 28 heavy (non-hydrogen) atoms. The average Bonchev–Trinajstić information content (AvgIpc) is 3.18. The third-order valence-corrected chi connectivity index (χ3v) is 6.69. The number of amides is 2. The van der Waals surface area contributed by atoms with Crippen LogP contribution in [0.2, 0.25) is 0 Å². The molecule has 1 N–H and O–H groups in total. The fourth-order valence-corrected chi connectivity index (χ4v) is 5.44. The summed E-state index contributed by atoms with van der Waals surface area (Å²) in [5, 5.41) is 3.10. The maximum absolute atomic E-state index is 13.3. The maximum Gasteiger partial charge on any atom is 0.322 e. The second-order valence-corrected chi connectivity index (χ2v) is 8.06. The van der Waals surface area contributed by atoms with Crippen LogP contribution >= 0.6 is 0 Å². The van der Waals surface area contributed by atoms with E-state index in [2.05, 4.69) is 26.2 Å². The minimum Gasteiger partial charge on any atom is -0.497 e. The number of ether oxygens (including phenoxy) is 1. The number of nitrogens with one attached hydrogen (secondary N) is 1. The Labute approximate surface area is 165 Å². The van der Waals surface area contributed by atoms with Crippen LogP contribution in [0.3, 0.4) is 0 Å². The highest BCUT2D eigenvalue weighted by Crippen LogP contribution is 2.46. The van der Waals surface area contributed by atoms with Gasteiger partial charge in [-0.25, -0.2) is 4.79 Å². The van der Waals surface area contributed by atoms with Crippen molar-refractivity contribution in [3.05, 3.63) is 54.4 Å². The lowest BCUT2D eigenvalue weighted by Gasteiger charge is -2.51. The molecule has 4 fully saturated rings. The van der Waals surface area contributed by atoms with Gasteiger partial charge in [-0.2, -0.15) is 0 Å². The highest BCUT2D eigenvalue weighted by Gasteiger charge is 2.54. The van der Waals surface area contributed by atoms with Gasteiger partial charge in [0, 0.05) is 42.7 Å². The van der Waals surface area contributed by atoms with Gasteiger partial charge in [-0.15, -0.1) is 0 Å². The summed E-state index contributed by atoms with van der Waals surface area (Å²) in [4.78, 5) is 22.3. The van der Waals surface area contributed by atoms with E-state index in [0.29, 0.717) is 17.9 Å². The maximum atomic E-state index is 13.3. The number of hydrogen-bond acceptors (Lipinski definition) is 4. The van der Waals surface area contributed by atoms with Crippen LogP contribution < -0.4 is 10.1 Å². The van der Waals surface area contributed by atoms with Crippen molar-refractivity contribution < 1.29 is 9.53 Å². The number of likely N-dealkylation sites (tertiary alicyclic amines) is 1. The van der Waals surface area contributed by atoms with Crippen LogP contribution in [-0.4, -0.2) is 59.6 Å². The standard InChI is InChI=1S/C22H26N4O2/c1-28-18-6-2-5-17(12-18)24-22(27)26-14-19(16-4-3-9-23-13-16)21-20(26)15-7-10-25(21)11-8-15/h2-6,9,12-13,15,19-21H,7-8,10-11,14H2,1H3,(H,24,27). The summed E-state index contributed by atoms with van der Waals surface area (Å²) in [6.07, 6.45) is 6.15. The Hall–Kier alpha value is -2.60. The van der Waals surface area contributed by atoms with E-state index >= 15 is 0 Å². The van der Waals surface area contributed by atoms with Crippen LogP contribution in [0, 0.1) is 5.92 Å². The van der Waals surface area contributed by atoms with E-state index in [0.717, 1.165) is 31.1 Å². The SMILES string of the molecule is COc1cccc(NC(=O)N2CC(c3cccnc3)C3C2C2CCN3CC2)c1. The van der Waals surface area contributed by atoms with Crippen LogP contribution in [0.1, 0.15) is 24.3 Å². The minimum atomic E-state index is -0.0107. The van der Waals surface area contributed by atoms with Crippen LogP contribution in [-0.2, 0) is 0 Å². The summed E-state index contributed by atoms with van der Waals surface area (Å²) in [5.41, 5.74) is 2.01. The van der Waals surface area contributed by atoms with Crippen LogP contribution in [0.4, 0.5) is 10.5 Å². The van der Waals surface area contributed by atoms with Gasteiger partial charge in [0.1, 0.15) is 5.75 Å². The minimum absolute atomic E-state index is 0.0107. The first-order chi connectivity index (χ1) is 13.7. The van der Waals surface area contributed by atoms with E-state index in [-0.39, 0.29) is 12.1 Å². The van der Waals surface area contributed by atoms with Crippen LogP contribution in [0.15, 0.2) is 48.8 Å². The zero-order valence-corrected chi connectivity index (χ0v) is 16.1. The number of benzene rings is 1. The molecule has 4 saturated heterocycles. The molecule has 5 heterocycles. The lowest BCUT2D eigenvalue weighted by atomic mass is 9.75. The van der Waals surface area contributed by atoms with Gasteiger partial charge >= 0.3 is 6.03 Å². The smallest absolute Gasteiger partial charge is 0.322 e. The van der Waals surface area contributed by atoms with Crippen LogP contribution in [0.25, 0.3) is 0 Å². The summed E-state index contributed by atoms with van der Waals surface area (Å²) in [6, 6.07) is 12.4. The van der Waals surface area contributed by atoms with E-state index in [1.165, 1.54) is 18.4 Å². The summed E-state index contributed by atoms with van der Waals surface area (Å²) in [5.74, 6) is 1.65. The molecule has 1 aromatic heterocycles. The molecule has 0 saturated carbocycles. The van der Waals surface area contributed by atoms with Crippen molar-refractivity contribution in [2.45, 2.75) is 30.8 Å². The van der Waals surface area contributed by atoms with E-state index < -0.39 is 0 Å². The highest BCUT2D eigenvalue weighted by molar-refractivity contribution is 5.90. The average molecular weight is 378 g/mol. The number of rotatable bonds is 3. The predicted octanol–water partition coefficient (Wildman–Crippen LogP) is 3.18. The molecule has 2 bridgehead atoms. The molecule has 4 aliphatic heterocycles. The fraction of sp³-hybridized carbons (Fsp3) is 0.455. The van der Waals surface area contributed by atoms with Crippen molar-refractivity contribution in [3.8, 4) is 5.75 Å². The number of urea groups is 1. The Morgan fingerprint density at radius 3 is 2.79 bits per heavy atom. The summed E-state index contributed by atoms with van der Waals surface area (Å²) < 4.78 is 5.28. The van der Waals surface area contributed by atoms with E-state index in [9.17, 15) is 4.79 Å². The molecule has 146 valence electrons. The van der Waals surface area contributed by atoms with Gasteiger partial charge in [-0.3, -0.25) is 9.88 Å². The first kappa shape index (κ1) is 17.5. The molecular formula is C22H26N4O2. The summed E-state index contributed by atoms with van der Waals surface area (Å²) in [7, 11) is 1.64. The lowest BCUT2D eigenvalue weighted by Crippen LogP contribution is -2.61. The number of piperidine rings is 3. The van der Waals surface area contributed by atoms with Crippen molar-refractivity contribution >= 4 is 11.7 Å². The summed E-state index contributed by atoms with van der Waals surface area (Å²) in [6.45, 7) is 3.03. The van der Waals surface area contributed by atoms with Gasteiger partial charge in [0.15, 0.2) is 0 Å². The molecule has 3 atom stereocenters. The van der Waals surface area contributed by atoms with Gasteiger partial charge in [-0.1, -0.05) is 12.1 Å². The Morgan fingerprint density at radius 2 is 2.04 bits per heavy atom. The Morgan fingerprint density at radius 1 is 1.18 bits per heavy atom. The molecule has 6 rings (SSSR count). The molecule has 0 radical (unpaired) electrons. The second-order valence-electron chi connectivity index (χ2n) is 8.06. The first-order valence-corrected chi connectivity index (χ1v) is 10.1. The van der Waals surface area contributed by atoms with Gasteiger partial charge < -0.3 is 15.0 Å². The normalized spacial score (nSPS) is 30.8. The number of fused-ring (bicyclic) bond motifs is 2. The molecule has 0 aliphatic carbocycles. The summed E-state index contributed by atoms with van der Waals surface area (Å²) >= 11 is 0. The van der Waals surface area contributed by atoms with Crippen molar-refractivity contribution in [2.75, 3.05) is 32.1 Å². The number of carbonyl (C=O) groups excluding carboxylic acids is 1. The molecule has 1 aromatic carbocycles. The molecular weight excluding hydrogens is 352 g/mol. The topological polar surface area (TPSA) is 57.7 Å². The van der Waals surface area contributed by atoms with Gasteiger partial charge in [-0.05, 0) is 55.6 Å². The number of carbonyl (C=O) groups is 1. The quantitative estimate of drug-likeness (QED) is 0.891. The highest BCUT2D eigenvalue weighted by atomic mass is 16.5.